The van der Waals surface area contributed by atoms with Crippen molar-refractivity contribution in [3.05, 3.63) is 100 Å². The maximum Gasteiger partial charge on any atom is 0.301 e. The summed E-state index contributed by atoms with van der Waals surface area (Å²) in [5.74, 6) is -1.91. The normalized spacial score (nSPS) is 17.6. The Hall–Kier alpha value is -3.84. The van der Waals surface area contributed by atoms with Crippen molar-refractivity contribution in [2.45, 2.75) is 32.7 Å². The lowest BCUT2D eigenvalue weighted by atomic mass is 9.93. The molecule has 2 heterocycles. The fourth-order valence-corrected chi connectivity index (χ4v) is 5.28. The van der Waals surface area contributed by atoms with Gasteiger partial charge in [-0.25, -0.2) is 9.37 Å². The summed E-state index contributed by atoms with van der Waals surface area (Å²) < 4.78 is 14.4. The van der Waals surface area contributed by atoms with E-state index in [-0.39, 0.29) is 16.5 Å². The number of halogens is 1. The van der Waals surface area contributed by atoms with Crippen LogP contribution in [-0.2, 0) is 9.59 Å². The maximum absolute atomic E-state index is 13.8. The summed E-state index contributed by atoms with van der Waals surface area (Å²) in [6, 6.07) is 18.1. The van der Waals surface area contributed by atoms with Crippen molar-refractivity contribution >= 4 is 44.1 Å². The van der Waals surface area contributed by atoms with Gasteiger partial charge in [0.2, 0.25) is 0 Å². The largest absolute Gasteiger partial charge is 0.507 e. The lowest BCUT2D eigenvalue weighted by Gasteiger charge is -2.23. The number of aromatic nitrogens is 1. The Labute approximate surface area is 206 Å². The molecule has 0 aliphatic carbocycles. The van der Waals surface area contributed by atoms with E-state index in [0.29, 0.717) is 27.3 Å². The zero-order chi connectivity index (χ0) is 24.9. The van der Waals surface area contributed by atoms with Crippen LogP contribution >= 0.6 is 11.3 Å². The Bertz CT molecular complexity index is 1490. The number of anilines is 1. The second-order valence-electron chi connectivity index (χ2n) is 8.96. The molecule has 1 aliphatic rings. The van der Waals surface area contributed by atoms with E-state index in [0.717, 1.165) is 22.5 Å². The van der Waals surface area contributed by atoms with E-state index in [1.807, 2.05) is 43.3 Å². The molecule has 35 heavy (non-hydrogen) atoms. The third-order valence-corrected chi connectivity index (χ3v) is 7.25. The van der Waals surface area contributed by atoms with Gasteiger partial charge in [0.15, 0.2) is 5.13 Å². The number of hydrogen-bond acceptors (Lipinski definition) is 5. The van der Waals surface area contributed by atoms with Crippen LogP contribution in [0.1, 0.15) is 48.1 Å². The van der Waals surface area contributed by atoms with Crippen molar-refractivity contribution in [2.75, 3.05) is 4.90 Å². The second-order valence-corrected chi connectivity index (χ2v) is 9.97. The topological polar surface area (TPSA) is 70.5 Å². The van der Waals surface area contributed by atoms with E-state index < -0.39 is 23.5 Å². The highest BCUT2D eigenvalue weighted by Gasteiger charge is 2.48. The SMILES string of the molecule is Cc1ccc(/C(O)=C2\C(=O)C(=O)N(c3nc4ccc(F)cc4s3)[C@@H]2c2ccc(C(C)C)cc2)cc1. The molecule has 176 valence electrons. The molecule has 1 saturated heterocycles. The van der Waals surface area contributed by atoms with E-state index in [4.69, 9.17) is 0 Å². The predicted octanol–water partition coefficient (Wildman–Crippen LogP) is 6.49. The van der Waals surface area contributed by atoms with Gasteiger partial charge >= 0.3 is 5.91 Å². The van der Waals surface area contributed by atoms with Crippen LogP contribution in [0.5, 0.6) is 0 Å². The minimum Gasteiger partial charge on any atom is -0.507 e. The van der Waals surface area contributed by atoms with Gasteiger partial charge in [0.05, 0.1) is 21.8 Å². The first-order chi connectivity index (χ1) is 16.7. The molecule has 1 aromatic heterocycles. The van der Waals surface area contributed by atoms with Crippen LogP contribution in [0, 0.1) is 12.7 Å². The quantitative estimate of drug-likeness (QED) is 0.203. The number of ketones is 1. The number of thiazole rings is 1. The van der Waals surface area contributed by atoms with Gasteiger partial charge in [-0.3, -0.25) is 14.5 Å². The van der Waals surface area contributed by atoms with Gasteiger partial charge in [0.25, 0.3) is 5.78 Å². The van der Waals surface area contributed by atoms with Crippen LogP contribution < -0.4 is 4.90 Å². The van der Waals surface area contributed by atoms with Gasteiger partial charge in [-0.05, 0) is 42.2 Å². The summed E-state index contributed by atoms with van der Waals surface area (Å²) in [6.45, 7) is 6.09. The number of benzene rings is 3. The van der Waals surface area contributed by atoms with Gasteiger partial charge in [-0.1, -0.05) is 79.3 Å². The molecule has 3 aromatic carbocycles. The molecule has 0 saturated carbocycles. The van der Waals surface area contributed by atoms with Gasteiger partial charge in [0.1, 0.15) is 11.6 Å². The monoisotopic (exact) mass is 486 g/mol. The maximum atomic E-state index is 13.8. The smallest absolute Gasteiger partial charge is 0.301 e. The molecular formula is C28H23FN2O3S. The van der Waals surface area contributed by atoms with Crippen molar-refractivity contribution in [1.82, 2.24) is 4.98 Å². The highest BCUT2D eigenvalue weighted by atomic mass is 32.1. The van der Waals surface area contributed by atoms with Gasteiger partial charge in [-0.2, -0.15) is 0 Å². The van der Waals surface area contributed by atoms with E-state index in [9.17, 15) is 19.1 Å². The summed E-state index contributed by atoms with van der Waals surface area (Å²) in [5, 5.41) is 11.5. The Morgan fingerprint density at radius 3 is 2.37 bits per heavy atom. The zero-order valence-corrected chi connectivity index (χ0v) is 20.3. The number of hydrogen-bond donors (Lipinski definition) is 1. The number of fused-ring (bicyclic) bond motifs is 1. The fourth-order valence-electron chi connectivity index (χ4n) is 4.26. The summed E-state index contributed by atoms with van der Waals surface area (Å²) in [6.07, 6.45) is 0. The second kappa shape index (κ2) is 8.74. The molecular weight excluding hydrogens is 463 g/mol. The Morgan fingerprint density at radius 2 is 1.71 bits per heavy atom. The van der Waals surface area contributed by atoms with Gasteiger partial charge in [-0.15, -0.1) is 0 Å². The summed E-state index contributed by atoms with van der Waals surface area (Å²) in [5.41, 5.74) is 3.77. The van der Waals surface area contributed by atoms with E-state index in [1.165, 1.54) is 17.0 Å². The van der Waals surface area contributed by atoms with Crippen LogP contribution in [0.15, 0.2) is 72.3 Å². The number of rotatable bonds is 4. The molecule has 0 bridgehead atoms. The number of nitrogens with zero attached hydrogens (tertiary/aromatic N) is 2. The molecule has 4 aromatic rings. The fraction of sp³-hybridized carbons (Fsp3) is 0.179. The highest BCUT2D eigenvalue weighted by Crippen LogP contribution is 2.44. The first-order valence-corrected chi connectivity index (χ1v) is 12.1. The predicted molar refractivity (Wildman–Crippen MR) is 136 cm³/mol. The van der Waals surface area contributed by atoms with Crippen LogP contribution in [0.4, 0.5) is 9.52 Å². The number of Topliss-reactive ketones (excluding diaryl/α,β-unsaturated/α-hetero) is 1. The number of carbonyl (C=O) groups excluding carboxylic acids is 2. The summed E-state index contributed by atoms with van der Waals surface area (Å²) in [4.78, 5) is 32.5. The lowest BCUT2D eigenvalue weighted by Crippen LogP contribution is -2.29. The minimum atomic E-state index is -0.872. The van der Waals surface area contributed by atoms with Crippen molar-refractivity contribution in [2.24, 2.45) is 0 Å². The standard InChI is InChI=1S/C28H23FN2O3S/c1-15(2)17-8-10-18(11-9-17)24-23(25(32)19-6-4-16(3)5-7-19)26(33)27(34)31(24)28-30-21-13-12-20(29)14-22(21)35-28/h4-15,24,32H,1-3H3/b25-23+/t24-/m1/s1. The molecule has 5 nitrogen and oxygen atoms in total. The highest BCUT2D eigenvalue weighted by molar-refractivity contribution is 7.22. The number of aliphatic hydroxyl groups is 1. The molecule has 1 atom stereocenters. The minimum absolute atomic E-state index is 0.00147. The average Bonchev–Trinajstić information content (AvgIpc) is 3.37. The van der Waals surface area contributed by atoms with Crippen molar-refractivity contribution in [3.63, 3.8) is 0 Å². The van der Waals surface area contributed by atoms with Crippen LogP contribution in [0.25, 0.3) is 16.0 Å². The van der Waals surface area contributed by atoms with Gasteiger partial charge < -0.3 is 5.11 Å². The molecule has 1 aliphatic heterocycles. The third kappa shape index (κ3) is 4.02. The summed E-state index contributed by atoms with van der Waals surface area (Å²) >= 11 is 1.13. The Balaban J connectivity index is 1.71. The first kappa shape index (κ1) is 22.9. The average molecular weight is 487 g/mol. The number of aryl methyl sites for hydroxylation is 1. The molecule has 1 amide bonds. The molecule has 0 spiro atoms. The van der Waals surface area contributed by atoms with E-state index >= 15 is 0 Å². The molecule has 7 heteroatoms. The van der Waals surface area contributed by atoms with Crippen molar-refractivity contribution in [1.29, 1.82) is 0 Å². The number of aliphatic hydroxyl groups excluding tert-OH is 1. The van der Waals surface area contributed by atoms with E-state index in [2.05, 4.69) is 18.8 Å². The molecule has 1 N–H and O–H groups in total. The molecule has 5 rings (SSSR count). The van der Waals surface area contributed by atoms with Gasteiger partial charge in [0, 0.05) is 5.56 Å². The number of amides is 1. The van der Waals surface area contributed by atoms with E-state index in [1.54, 1.807) is 18.2 Å². The molecule has 0 radical (unpaired) electrons. The van der Waals surface area contributed by atoms with Crippen LogP contribution in [0.3, 0.4) is 0 Å². The first-order valence-electron chi connectivity index (χ1n) is 11.3. The summed E-state index contributed by atoms with van der Waals surface area (Å²) in [7, 11) is 0. The Morgan fingerprint density at radius 1 is 1.03 bits per heavy atom. The van der Waals surface area contributed by atoms with Crippen molar-refractivity contribution in [3.8, 4) is 0 Å². The van der Waals surface area contributed by atoms with Crippen molar-refractivity contribution < 1.29 is 19.1 Å². The molecule has 1 fully saturated rings. The Kier molecular flexibility index (Phi) is 5.73. The zero-order valence-electron chi connectivity index (χ0n) is 19.4. The van der Waals surface area contributed by atoms with Crippen LogP contribution in [0.2, 0.25) is 0 Å². The third-order valence-electron chi connectivity index (χ3n) is 6.23. The number of carbonyl (C=O) groups is 2. The molecule has 0 unspecified atom stereocenters. The van der Waals surface area contributed by atoms with Crippen LogP contribution in [-0.4, -0.2) is 21.8 Å². The lowest BCUT2D eigenvalue weighted by molar-refractivity contribution is -0.132.